The van der Waals surface area contributed by atoms with Crippen molar-refractivity contribution in [3.8, 4) is 5.75 Å². The number of imide groups is 1. The lowest BCUT2D eigenvalue weighted by atomic mass is 9.81. The summed E-state index contributed by atoms with van der Waals surface area (Å²) in [6, 6.07) is 10.2. The minimum absolute atomic E-state index is 0.0890. The van der Waals surface area contributed by atoms with Gasteiger partial charge in [-0.3, -0.25) is 9.59 Å². The predicted octanol–water partition coefficient (Wildman–Crippen LogP) is 3.50. The summed E-state index contributed by atoms with van der Waals surface area (Å²) >= 11 is 1.31. The van der Waals surface area contributed by atoms with Gasteiger partial charge < -0.3 is 4.74 Å². The second kappa shape index (κ2) is 5.77. The van der Waals surface area contributed by atoms with Crippen LogP contribution in [0.3, 0.4) is 0 Å². The summed E-state index contributed by atoms with van der Waals surface area (Å²) in [5.41, 5.74) is 0.491. The molecular weight excluding hydrogens is 350 g/mol. The molecule has 0 radical (unpaired) electrons. The first-order valence-corrected chi connectivity index (χ1v) is 9.75. The SMILES string of the molecule is O=C(Oc1cccc(N2C(=O)[C@@H]3[C@@H]4CC[C@@H](C4)[C@@H]3C2=O)c1)c1cccs1. The Morgan fingerprint density at radius 2 is 1.77 bits per heavy atom. The first kappa shape index (κ1) is 15.8. The fourth-order valence-corrected chi connectivity index (χ4v) is 5.50. The number of thiophene rings is 1. The number of nitrogens with zero attached hydrogens (tertiary/aromatic N) is 1. The Kier molecular flexibility index (Phi) is 3.50. The largest absolute Gasteiger partial charge is 0.422 e. The second-order valence-electron chi connectivity index (χ2n) is 7.26. The van der Waals surface area contributed by atoms with Crippen LogP contribution in [0.2, 0.25) is 0 Å². The van der Waals surface area contributed by atoms with Crippen molar-refractivity contribution in [1.82, 2.24) is 0 Å². The zero-order valence-electron chi connectivity index (χ0n) is 14.0. The molecule has 4 atom stereocenters. The Hall–Kier alpha value is -2.47. The summed E-state index contributed by atoms with van der Waals surface area (Å²) in [7, 11) is 0. The number of amides is 2. The van der Waals surface area contributed by atoms with E-state index in [4.69, 9.17) is 4.74 Å². The molecule has 6 heteroatoms. The number of rotatable bonds is 3. The van der Waals surface area contributed by atoms with E-state index < -0.39 is 5.97 Å². The lowest BCUT2D eigenvalue weighted by molar-refractivity contribution is -0.123. The zero-order chi connectivity index (χ0) is 17.8. The van der Waals surface area contributed by atoms with Gasteiger partial charge in [-0.2, -0.15) is 0 Å². The fourth-order valence-electron chi connectivity index (χ4n) is 4.90. The average molecular weight is 367 g/mol. The number of anilines is 1. The minimum Gasteiger partial charge on any atom is -0.422 e. The first-order chi connectivity index (χ1) is 12.6. The van der Waals surface area contributed by atoms with Gasteiger partial charge in [-0.25, -0.2) is 9.69 Å². The van der Waals surface area contributed by atoms with E-state index in [1.165, 1.54) is 16.2 Å². The van der Waals surface area contributed by atoms with Crippen molar-refractivity contribution in [2.45, 2.75) is 19.3 Å². The minimum atomic E-state index is -0.439. The van der Waals surface area contributed by atoms with E-state index in [1.807, 2.05) is 5.38 Å². The Balaban J connectivity index is 1.42. The van der Waals surface area contributed by atoms with Gasteiger partial charge in [-0.15, -0.1) is 11.3 Å². The maximum atomic E-state index is 12.9. The van der Waals surface area contributed by atoms with Crippen molar-refractivity contribution >= 4 is 34.8 Å². The number of carbonyl (C=O) groups is 3. The van der Waals surface area contributed by atoms with Gasteiger partial charge in [-0.1, -0.05) is 12.1 Å². The number of hydrogen-bond acceptors (Lipinski definition) is 5. The van der Waals surface area contributed by atoms with Crippen LogP contribution in [-0.4, -0.2) is 17.8 Å². The molecular formula is C20H17NO4S. The van der Waals surface area contributed by atoms with Gasteiger partial charge in [0.1, 0.15) is 10.6 Å². The number of carbonyl (C=O) groups excluding carboxylic acids is 3. The van der Waals surface area contributed by atoms with Crippen molar-refractivity contribution in [2.75, 3.05) is 4.90 Å². The molecule has 5 nitrogen and oxygen atoms in total. The molecule has 2 aromatic rings. The van der Waals surface area contributed by atoms with Crippen LogP contribution >= 0.6 is 11.3 Å². The molecule has 1 aromatic carbocycles. The van der Waals surface area contributed by atoms with E-state index in [0.717, 1.165) is 19.3 Å². The topological polar surface area (TPSA) is 63.7 Å². The molecule has 2 aliphatic carbocycles. The molecule has 2 bridgehead atoms. The Bertz CT molecular complexity index is 878. The van der Waals surface area contributed by atoms with Crippen LogP contribution in [0.4, 0.5) is 5.69 Å². The summed E-state index contributed by atoms with van der Waals surface area (Å²) in [6.45, 7) is 0. The lowest BCUT2D eigenvalue weighted by Gasteiger charge is -2.19. The molecule has 0 spiro atoms. The third kappa shape index (κ3) is 2.25. The molecule has 2 amide bonds. The Labute approximate surface area is 154 Å². The Morgan fingerprint density at radius 1 is 1.04 bits per heavy atom. The van der Waals surface area contributed by atoms with Crippen LogP contribution < -0.4 is 9.64 Å². The van der Waals surface area contributed by atoms with Crippen molar-refractivity contribution < 1.29 is 19.1 Å². The van der Waals surface area contributed by atoms with E-state index in [-0.39, 0.29) is 23.7 Å². The van der Waals surface area contributed by atoms with Gasteiger partial charge in [0.15, 0.2) is 0 Å². The highest BCUT2D eigenvalue weighted by Gasteiger charge is 2.61. The zero-order valence-corrected chi connectivity index (χ0v) is 14.8. The third-order valence-corrected chi connectivity index (χ3v) is 6.79. The van der Waals surface area contributed by atoms with Crippen LogP contribution in [0.15, 0.2) is 41.8 Å². The quantitative estimate of drug-likeness (QED) is 0.473. The smallest absolute Gasteiger partial charge is 0.353 e. The van der Waals surface area contributed by atoms with Gasteiger partial charge in [0.05, 0.1) is 17.5 Å². The molecule has 0 unspecified atom stereocenters. The van der Waals surface area contributed by atoms with E-state index in [0.29, 0.717) is 28.1 Å². The highest BCUT2D eigenvalue weighted by Crippen LogP contribution is 2.56. The standard InChI is InChI=1S/C20H17NO4S/c22-18-16-11-6-7-12(9-11)17(16)19(23)21(18)13-3-1-4-14(10-13)25-20(24)15-5-2-8-26-15/h1-5,8,10-12,16-17H,6-7,9H2/t11-,12+,16-,17+. The number of fused-ring (bicyclic) bond motifs is 5. The molecule has 1 saturated heterocycles. The van der Waals surface area contributed by atoms with E-state index >= 15 is 0 Å². The maximum absolute atomic E-state index is 12.9. The molecule has 0 N–H and O–H groups in total. The summed E-state index contributed by atoms with van der Waals surface area (Å²) < 4.78 is 5.40. The number of hydrogen-bond donors (Lipinski definition) is 0. The summed E-state index contributed by atoms with van der Waals surface area (Å²) in [5.74, 6) is 0.116. The van der Waals surface area contributed by atoms with Crippen molar-refractivity contribution in [3.63, 3.8) is 0 Å². The predicted molar refractivity (Wildman–Crippen MR) is 96.0 cm³/mol. The molecule has 132 valence electrons. The van der Waals surface area contributed by atoms with Gasteiger partial charge in [-0.05, 0) is 54.7 Å². The normalized spacial score (nSPS) is 29.3. The van der Waals surface area contributed by atoms with Gasteiger partial charge >= 0.3 is 5.97 Å². The monoisotopic (exact) mass is 367 g/mol. The average Bonchev–Trinajstić information content (AvgIpc) is 3.39. The van der Waals surface area contributed by atoms with Crippen molar-refractivity contribution in [1.29, 1.82) is 0 Å². The second-order valence-corrected chi connectivity index (χ2v) is 8.21. The lowest BCUT2D eigenvalue weighted by Crippen LogP contribution is -2.32. The van der Waals surface area contributed by atoms with Gasteiger partial charge in [0.2, 0.25) is 11.8 Å². The van der Waals surface area contributed by atoms with Crippen LogP contribution in [0.5, 0.6) is 5.75 Å². The highest BCUT2D eigenvalue weighted by molar-refractivity contribution is 7.12. The van der Waals surface area contributed by atoms with Crippen molar-refractivity contribution in [2.24, 2.45) is 23.7 Å². The van der Waals surface area contributed by atoms with Crippen LogP contribution in [0.1, 0.15) is 28.9 Å². The highest BCUT2D eigenvalue weighted by atomic mass is 32.1. The molecule has 2 saturated carbocycles. The van der Waals surface area contributed by atoms with E-state index in [2.05, 4.69) is 0 Å². The van der Waals surface area contributed by atoms with Gasteiger partial charge in [0.25, 0.3) is 0 Å². The summed E-state index contributed by atoms with van der Waals surface area (Å²) in [4.78, 5) is 39.8. The van der Waals surface area contributed by atoms with Gasteiger partial charge in [0, 0.05) is 6.07 Å². The number of benzene rings is 1. The fraction of sp³-hybridized carbons (Fsp3) is 0.350. The summed E-state index contributed by atoms with van der Waals surface area (Å²) in [5, 5.41) is 1.81. The molecule has 5 rings (SSSR count). The van der Waals surface area contributed by atoms with Crippen LogP contribution in [-0.2, 0) is 9.59 Å². The summed E-state index contributed by atoms with van der Waals surface area (Å²) in [6.07, 6.45) is 3.12. The van der Waals surface area contributed by atoms with Crippen molar-refractivity contribution in [3.05, 3.63) is 46.7 Å². The molecule has 1 aliphatic heterocycles. The third-order valence-electron chi connectivity index (χ3n) is 5.94. The first-order valence-electron chi connectivity index (χ1n) is 8.87. The molecule has 3 aliphatic rings. The van der Waals surface area contributed by atoms with E-state index in [1.54, 1.807) is 36.4 Å². The number of esters is 1. The Morgan fingerprint density at radius 3 is 2.42 bits per heavy atom. The number of ether oxygens (including phenoxy) is 1. The molecule has 26 heavy (non-hydrogen) atoms. The molecule has 2 heterocycles. The molecule has 3 fully saturated rings. The molecule has 1 aromatic heterocycles. The van der Waals surface area contributed by atoms with Crippen LogP contribution in [0.25, 0.3) is 0 Å². The van der Waals surface area contributed by atoms with E-state index in [9.17, 15) is 14.4 Å². The maximum Gasteiger partial charge on any atom is 0.353 e. The van der Waals surface area contributed by atoms with Crippen LogP contribution in [0, 0.1) is 23.7 Å².